The van der Waals surface area contributed by atoms with Gasteiger partial charge in [-0.2, -0.15) is 0 Å². The van der Waals surface area contributed by atoms with Crippen LogP contribution in [-0.2, 0) is 14.4 Å². The molecule has 1 aliphatic rings. The molecule has 6 nitrogen and oxygen atoms in total. The zero-order chi connectivity index (χ0) is 14.6. The molecule has 1 atom stereocenters. The fourth-order valence-corrected chi connectivity index (χ4v) is 1.92. The van der Waals surface area contributed by atoms with E-state index in [-0.39, 0.29) is 5.91 Å². The van der Waals surface area contributed by atoms with Gasteiger partial charge in [0.1, 0.15) is 11.5 Å². The summed E-state index contributed by atoms with van der Waals surface area (Å²) < 4.78 is 0. The monoisotopic (exact) mass is 270 g/mol. The van der Waals surface area contributed by atoms with Crippen molar-refractivity contribution in [2.24, 2.45) is 5.41 Å². The number of carbonyl (C=O) groups is 3. The molecule has 0 aromatic rings. The summed E-state index contributed by atoms with van der Waals surface area (Å²) in [7, 11) is 0. The summed E-state index contributed by atoms with van der Waals surface area (Å²) in [6, 6.07) is -0.691. The third-order valence-electron chi connectivity index (χ3n) is 3.49. The van der Waals surface area contributed by atoms with Crippen LogP contribution in [0.5, 0.6) is 0 Å². The molecule has 0 spiro atoms. The number of piperidine rings is 1. The first kappa shape index (κ1) is 15.5. The van der Waals surface area contributed by atoms with Crippen molar-refractivity contribution in [2.75, 3.05) is 13.1 Å². The molecule has 19 heavy (non-hydrogen) atoms. The molecule has 0 aromatic carbocycles. The Morgan fingerprint density at radius 1 is 1.16 bits per heavy atom. The van der Waals surface area contributed by atoms with Crippen LogP contribution in [0.3, 0.4) is 0 Å². The van der Waals surface area contributed by atoms with E-state index in [4.69, 9.17) is 5.11 Å². The van der Waals surface area contributed by atoms with Crippen molar-refractivity contribution in [1.82, 2.24) is 10.2 Å². The predicted molar refractivity (Wildman–Crippen MR) is 69.5 cm³/mol. The van der Waals surface area contributed by atoms with E-state index in [1.807, 2.05) is 0 Å². The normalized spacial score (nSPS) is 17.7. The second kappa shape index (κ2) is 6.04. The standard InChI is InChI=1S/C13H22N2O4/c1-9(10(16)15-7-5-4-6-8-15)14-11(17)13(2,3)12(18)19/h9H,4-8H2,1-3H3,(H,14,17)(H,18,19). The average Bonchev–Trinajstić information content (AvgIpc) is 2.38. The van der Waals surface area contributed by atoms with Gasteiger partial charge >= 0.3 is 5.97 Å². The second-order valence-electron chi connectivity index (χ2n) is 5.51. The van der Waals surface area contributed by atoms with Gasteiger partial charge in [0, 0.05) is 13.1 Å². The lowest BCUT2D eigenvalue weighted by Crippen LogP contribution is -2.52. The van der Waals surface area contributed by atoms with E-state index >= 15 is 0 Å². The van der Waals surface area contributed by atoms with Crippen LogP contribution < -0.4 is 5.32 Å². The van der Waals surface area contributed by atoms with E-state index in [1.54, 1.807) is 11.8 Å². The number of carbonyl (C=O) groups excluding carboxylic acids is 2. The summed E-state index contributed by atoms with van der Waals surface area (Å²) in [5.74, 6) is -1.99. The van der Waals surface area contributed by atoms with Crippen LogP contribution in [0.1, 0.15) is 40.0 Å². The van der Waals surface area contributed by atoms with Gasteiger partial charge in [0.15, 0.2) is 0 Å². The number of carboxylic acid groups (broad SMARTS) is 1. The fourth-order valence-electron chi connectivity index (χ4n) is 1.92. The van der Waals surface area contributed by atoms with Crippen LogP contribution in [0.4, 0.5) is 0 Å². The second-order valence-corrected chi connectivity index (χ2v) is 5.51. The van der Waals surface area contributed by atoms with Crippen LogP contribution in [-0.4, -0.2) is 46.9 Å². The van der Waals surface area contributed by atoms with Crippen LogP contribution in [0.2, 0.25) is 0 Å². The van der Waals surface area contributed by atoms with Gasteiger partial charge < -0.3 is 15.3 Å². The van der Waals surface area contributed by atoms with E-state index < -0.39 is 23.3 Å². The molecule has 1 heterocycles. The summed E-state index contributed by atoms with van der Waals surface area (Å²) in [4.78, 5) is 36.6. The van der Waals surface area contributed by atoms with Crippen LogP contribution in [0.15, 0.2) is 0 Å². The highest BCUT2D eigenvalue weighted by Gasteiger charge is 2.37. The molecule has 108 valence electrons. The van der Waals surface area contributed by atoms with Crippen LogP contribution in [0.25, 0.3) is 0 Å². The number of hydrogen-bond donors (Lipinski definition) is 2. The molecule has 1 aliphatic heterocycles. The van der Waals surface area contributed by atoms with E-state index in [9.17, 15) is 14.4 Å². The molecule has 0 aromatic heterocycles. The van der Waals surface area contributed by atoms with Gasteiger partial charge in [-0.15, -0.1) is 0 Å². The minimum atomic E-state index is -1.53. The zero-order valence-electron chi connectivity index (χ0n) is 11.7. The Kier molecular flexibility index (Phi) is 4.91. The number of nitrogens with one attached hydrogen (secondary N) is 1. The van der Waals surface area contributed by atoms with Crippen molar-refractivity contribution in [3.05, 3.63) is 0 Å². The van der Waals surface area contributed by atoms with Crippen LogP contribution in [0, 0.1) is 5.41 Å². The molecule has 0 saturated carbocycles. The summed E-state index contributed by atoms with van der Waals surface area (Å²) >= 11 is 0. The molecule has 2 amide bonds. The molecule has 1 fully saturated rings. The maximum Gasteiger partial charge on any atom is 0.318 e. The Morgan fingerprint density at radius 3 is 2.16 bits per heavy atom. The van der Waals surface area contributed by atoms with Gasteiger partial charge in [-0.1, -0.05) is 0 Å². The summed E-state index contributed by atoms with van der Waals surface area (Å²) in [6.07, 6.45) is 3.08. The lowest BCUT2D eigenvalue weighted by molar-refractivity contribution is -0.154. The first-order chi connectivity index (χ1) is 8.76. The number of carboxylic acids is 1. The highest BCUT2D eigenvalue weighted by Crippen LogP contribution is 2.16. The van der Waals surface area contributed by atoms with Crippen molar-refractivity contribution < 1.29 is 19.5 Å². The Balaban J connectivity index is 2.58. The molecule has 6 heteroatoms. The maximum absolute atomic E-state index is 12.1. The number of nitrogens with zero attached hydrogens (tertiary/aromatic N) is 1. The molecule has 0 aliphatic carbocycles. The lowest BCUT2D eigenvalue weighted by Gasteiger charge is -2.30. The van der Waals surface area contributed by atoms with Crippen molar-refractivity contribution in [3.63, 3.8) is 0 Å². The highest BCUT2D eigenvalue weighted by molar-refractivity contribution is 6.02. The van der Waals surface area contributed by atoms with Gasteiger partial charge in [0.2, 0.25) is 11.8 Å². The fraction of sp³-hybridized carbons (Fsp3) is 0.769. The first-order valence-corrected chi connectivity index (χ1v) is 6.60. The summed E-state index contributed by atoms with van der Waals surface area (Å²) in [6.45, 7) is 5.65. The third-order valence-corrected chi connectivity index (χ3v) is 3.49. The molecule has 1 unspecified atom stereocenters. The van der Waals surface area contributed by atoms with Gasteiger partial charge in [0.25, 0.3) is 0 Å². The van der Waals surface area contributed by atoms with Crippen molar-refractivity contribution in [2.45, 2.75) is 46.1 Å². The molecule has 1 rings (SSSR count). The molecule has 0 bridgehead atoms. The van der Waals surface area contributed by atoms with Gasteiger partial charge in [-0.25, -0.2) is 0 Å². The topological polar surface area (TPSA) is 86.7 Å². The van der Waals surface area contributed by atoms with Crippen molar-refractivity contribution in [1.29, 1.82) is 0 Å². The molecular weight excluding hydrogens is 248 g/mol. The van der Waals surface area contributed by atoms with Crippen molar-refractivity contribution in [3.8, 4) is 0 Å². The van der Waals surface area contributed by atoms with E-state index in [1.165, 1.54) is 13.8 Å². The summed E-state index contributed by atoms with van der Waals surface area (Å²) in [5, 5.41) is 11.4. The van der Waals surface area contributed by atoms with Gasteiger partial charge in [-0.3, -0.25) is 14.4 Å². The molecular formula is C13H22N2O4. The van der Waals surface area contributed by atoms with Crippen LogP contribution >= 0.6 is 0 Å². The van der Waals surface area contributed by atoms with Gasteiger partial charge in [-0.05, 0) is 40.0 Å². The zero-order valence-corrected chi connectivity index (χ0v) is 11.7. The number of amides is 2. The Labute approximate surface area is 113 Å². The molecule has 0 radical (unpaired) electrons. The Hall–Kier alpha value is -1.59. The highest BCUT2D eigenvalue weighted by atomic mass is 16.4. The Bertz CT molecular complexity index is 373. The largest absolute Gasteiger partial charge is 0.480 e. The van der Waals surface area contributed by atoms with Crippen molar-refractivity contribution >= 4 is 17.8 Å². The Morgan fingerprint density at radius 2 is 1.68 bits per heavy atom. The average molecular weight is 270 g/mol. The molecule has 2 N–H and O–H groups in total. The first-order valence-electron chi connectivity index (χ1n) is 6.60. The SMILES string of the molecule is CC(NC(=O)C(C)(C)C(=O)O)C(=O)N1CCCCC1. The summed E-state index contributed by atoms with van der Waals surface area (Å²) in [5.41, 5.74) is -1.53. The predicted octanol–water partition coefficient (Wildman–Crippen LogP) is 0.614. The lowest BCUT2D eigenvalue weighted by atomic mass is 9.92. The van der Waals surface area contributed by atoms with E-state index in [0.717, 1.165) is 19.3 Å². The number of aliphatic carboxylic acids is 1. The number of rotatable bonds is 4. The minimum absolute atomic E-state index is 0.144. The smallest absolute Gasteiger partial charge is 0.318 e. The quantitative estimate of drug-likeness (QED) is 0.733. The third kappa shape index (κ3) is 3.68. The number of likely N-dealkylation sites (tertiary alicyclic amines) is 1. The van der Waals surface area contributed by atoms with E-state index in [0.29, 0.717) is 13.1 Å². The van der Waals surface area contributed by atoms with Gasteiger partial charge in [0.05, 0.1) is 0 Å². The molecule has 1 saturated heterocycles. The number of hydrogen-bond acceptors (Lipinski definition) is 3. The minimum Gasteiger partial charge on any atom is -0.480 e. The van der Waals surface area contributed by atoms with E-state index in [2.05, 4.69) is 5.32 Å². The maximum atomic E-state index is 12.1.